The van der Waals surface area contributed by atoms with Crippen LogP contribution in [0.1, 0.15) is 43.5 Å². The molecular weight excluding hydrogens is 430 g/mol. The SMILES string of the molecule is CC(C)(C)OC(=O)NCc1cccc(NC(=O)[C@@H](N)c2ccc(OCc3ccccc3)cc2)c1. The highest BCUT2D eigenvalue weighted by atomic mass is 16.6. The van der Waals surface area contributed by atoms with Gasteiger partial charge in [0.2, 0.25) is 5.91 Å². The molecule has 0 spiro atoms. The molecule has 0 saturated carbocycles. The van der Waals surface area contributed by atoms with Crippen LogP contribution in [0.2, 0.25) is 0 Å². The fraction of sp³-hybridized carbons (Fsp3) is 0.259. The van der Waals surface area contributed by atoms with Crippen LogP contribution < -0.4 is 21.1 Å². The van der Waals surface area contributed by atoms with Crippen LogP contribution in [-0.4, -0.2) is 17.6 Å². The van der Waals surface area contributed by atoms with Crippen LogP contribution in [0.3, 0.4) is 0 Å². The van der Waals surface area contributed by atoms with Gasteiger partial charge in [0.05, 0.1) is 0 Å². The van der Waals surface area contributed by atoms with Gasteiger partial charge in [-0.2, -0.15) is 0 Å². The van der Waals surface area contributed by atoms with Gasteiger partial charge in [-0.05, 0) is 61.7 Å². The summed E-state index contributed by atoms with van der Waals surface area (Å²) >= 11 is 0. The van der Waals surface area contributed by atoms with Crippen molar-refractivity contribution in [1.82, 2.24) is 5.32 Å². The molecule has 3 aromatic carbocycles. The summed E-state index contributed by atoms with van der Waals surface area (Å²) in [5, 5.41) is 5.53. The largest absolute Gasteiger partial charge is 0.489 e. The van der Waals surface area contributed by atoms with Gasteiger partial charge in [0.25, 0.3) is 0 Å². The Kier molecular flexibility index (Phi) is 8.27. The number of nitrogens with two attached hydrogens (primary N) is 1. The van der Waals surface area contributed by atoms with Crippen molar-refractivity contribution in [2.75, 3.05) is 5.32 Å². The Bertz CT molecular complexity index is 1090. The molecule has 2 amide bonds. The van der Waals surface area contributed by atoms with E-state index in [1.165, 1.54) is 0 Å². The molecule has 7 heteroatoms. The molecule has 0 bridgehead atoms. The Morgan fingerprint density at radius 1 is 0.912 bits per heavy atom. The number of carbonyl (C=O) groups excluding carboxylic acids is 2. The molecule has 0 aliphatic carbocycles. The van der Waals surface area contributed by atoms with Crippen molar-refractivity contribution in [3.8, 4) is 5.75 Å². The molecule has 7 nitrogen and oxygen atoms in total. The number of alkyl carbamates (subject to hydrolysis) is 1. The van der Waals surface area contributed by atoms with Crippen molar-refractivity contribution in [3.05, 3.63) is 95.6 Å². The minimum atomic E-state index is -0.841. The maximum absolute atomic E-state index is 12.7. The van der Waals surface area contributed by atoms with E-state index in [0.29, 0.717) is 23.6 Å². The number of anilines is 1. The van der Waals surface area contributed by atoms with E-state index in [1.807, 2.05) is 36.4 Å². The van der Waals surface area contributed by atoms with E-state index >= 15 is 0 Å². The van der Waals surface area contributed by atoms with E-state index in [-0.39, 0.29) is 12.5 Å². The summed E-state index contributed by atoms with van der Waals surface area (Å²) in [5.74, 6) is 0.362. The minimum Gasteiger partial charge on any atom is -0.489 e. The van der Waals surface area contributed by atoms with Crippen molar-refractivity contribution >= 4 is 17.7 Å². The van der Waals surface area contributed by atoms with Crippen molar-refractivity contribution in [3.63, 3.8) is 0 Å². The maximum atomic E-state index is 12.7. The smallest absolute Gasteiger partial charge is 0.407 e. The Morgan fingerprint density at radius 3 is 2.26 bits per heavy atom. The molecule has 3 rings (SSSR count). The lowest BCUT2D eigenvalue weighted by molar-refractivity contribution is -0.117. The average molecular weight is 462 g/mol. The molecule has 0 heterocycles. The second-order valence-corrected chi connectivity index (χ2v) is 8.87. The van der Waals surface area contributed by atoms with E-state index < -0.39 is 17.7 Å². The molecule has 0 radical (unpaired) electrons. The van der Waals surface area contributed by atoms with Crippen molar-refractivity contribution < 1.29 is 19.1 Å². The number of hydrogen-bond acceptors (Lipinski definition) is 5. The monoisotopic (exact) mass is 461 g/mol. The van der Waals surface area contributed by atoms with Crippen LogP contribution in [0.5, 0.6) is 5.75 Å². The molecule has 0 saturated heterocycles. The molecule has 1 atom stereocenters. The van der Waals surface area contributed by atoms with E-state index in [0.717, 1.165) is 11.1 Å². The highest BCUT2D eigenvalue weighted by Gasteiger charge is 2.17. The van der Waals surface area contributed by atoms with E-state index in [4.69, 9.17) is 15.2 Å². The van der Waals surface area contributed by atoms with E-state index in [9.17, 15) is 9.59 Å². The molecule has 0 aromatic heterocycles. The molecule has 0 unspecified atom stereocenters. The molecule has 0 aliphatic heterocycles. The van der Waals surface area contributed by atoms with Crippen LogP contribution in [0.15, 0.2) is 78.9 Å². The summed E-state index contributed by atoms with van der Waals surface area (Å²) in [4.78, 5) is 24.5. The second-order valence-electron chi connectivity index (χ2n) is 8.87. The Hall–Kier alpha value is -3.84. The predicted molar refractivity (Wildman–Crippen MR) is 132 cm³/mol. The fourth-order valence-corrected chi connectivity index (χ4v) is 3.13. The number of amides is 2. The van der Waals surface area contributed by atoms with Crippen LogP contribution in [0.25, 0.3) is 0 Å². The molecule has 0 aliphatic rings. The number of hydrogen-bond donors (Lipinski definition) is 3. The first-order chi connectivity index (χ1) is 16.2. The highest BCUT2D eigenvalue weighted by molar-refractivity contribution is 5.95. The zero-order valence-electron chi connectivity index (χ0n) is 19.7. The Labute approximate surface area is 200 Å². The first-order valence-corrected chi connectivity index (χ1v) is 11.1. The van der Waals surface area contributed by atoms with Gasteiger partial charge in [-0.15, -0.1) is 0 Å². The summed E-state index contributed by atoms with van der Waals surface area (Å²) in [6.45, 7) is 6.15. The van der Waals surface area contributed by atoms with E-state index in [2.05, 4.69) is 10.6 Å². The summed E-state index contributed by atoms with van der Waals surface area (Å²) in [7, 11) is 0. The van der Waals surface area contributed by atoms with Crippen molar-refractivity contribution in [1.29, 1.82) is 0 Å². The third-order valence-electron chi connectivity index (χ3n) is 4.80. The van der Waals surface area contributed by atoms with Gasteiger partial charge in [-0.1, -0.05) is 54.6 Å². The quantitative estimate of drug-likeness (QED) is 0.441. The summed E-state index contributed by atoms with van der Waals surface area (Å²) in [6, 6.07) is 23.4. The van der Waals surface area contributed by atoms with Crippen LogP contribution in [0.4, 0.5) is 10.5 Å². The fourth-order valence-electron chi connectivity index (χ4n) is 3.13. The average Bonchev–Trinajstić information content (AvgIpc) is 2.81. The summed E-state index contributed by atoms with van der Waals surface area (Å²) < 4.78 is 11.0. The lowest BCUT2D eigenvalue weighted by Crippen LogP contribution is -2.32. The zero-order valence-corrected chi connectivity index (χ0v) is 19.7. The molecular formula is C27H31N3O4. The number of nitrogens with one attached hydrogen (secondary N) is 2. The Morgan fingerprint density at radius 2 is 1.59 bits per heavy atom. The summed E-state index contributed by atoms with van der Waals surface area (Å²) in [6.07, 6.45) is -0.500. The van der Waals surface area contributed by atoms with Crippen LogP contribution in [0, 0.1) is 0 Å². The topological polar surface area (TPSA) is 103 Å². The highest BCUT2D eigenvalue weighted by Crippen LogP contribution is 2.20. The predicted octanol–water partition coefficient (Wildman–Crippen LogP) is 4.93. The van der Waals surface area contributed by atoms with Gasteiger partial charge in [0.15, 0.2) is 0 Å². The van der Waals surface area contributed by atoms with Gasteiger partial charge in [0.1, 0.15) is 24.0 Å². The minimum absolute atomic E-state index is 0.273. The lowest BCUT2D eigenvalue weighted by atomic mass is 10.1. The van der Waals surface area contributed by atoms with Gasteiger partial charge in [-0.3, -0.25) is 4.79 Å². The van der Waals surface area contributed by atoms with Crippen LogP contribution >= 0.6 is 0 Å². The molecule has 3 aromatic rings. The molecule has 178 valence electrons. The number of ether oxygens (including phenoxy) is 2. The Balaban J connectivity index is 1.52. The molecule has 0 fully saturated rings. The molecule has 34 heavy (non-hydrogen) atoms. The summed E-state index contributed by atoms with van der Waals surface area (Å²) in [5.41, 5.74) is 8.76. The van der Waals surface area contributed by atoms with Gasteiger partial charge < -0.3 is 25.8 Å². The number of carbonyl (C=O) groups is 2. The van der Waals surface area contributed by atoms with Crippen molar-refractivity contribution in [2.45, 2.75) is 45.6 Å². The normalized spacial score (nSPS) is 11.9. The standard InChI is InChI=1S/C27H31N3O4/c1-27(2,3)34-26(32)29-17-20-10-7-11-22(16-20)30-25(31)24(28)21-12-14-23(15-13-21)33-18-19-8-5-4-6-9-19/h4-16,24H,17-18,28H2,1-3H3,(H,29,32)(H,30,31)/t24-/m0/s1. The lowest BCUT2D eigenvalue weighted by Gasteiger charge is -2.19. The zero-order chi connectivity index (χ0) is 24.6. The first-order valence-electron chi connectivity index (χ1n) is 11.1. The van der Waals surface area contributed by atoms with Gasteiger partial charge in [-0.25, -0.2) is 4.79 Å². The second kappa shape index (κ2) is 11.3. The first kappa shape index (κ1) is 24.8. The third-order valence-corrected chi connectivity index (χ3v) is 4.80. The van der Waals surface area contributed by atoms with Gasteiger partial charge in [0, 0.05) is 12.2 Å². The van der Waals surface area contributed by atoms with E-state index in [1.54, 1.807) is 63.2 Å². The number of benzene rings is 3. The maximum Gasteiger partial charge on any atom is 0.407 e. The number of rotatable bonds is 8. The molecule has 4 N–H and O–H groups in total. The van der Waals surface area contributed by atoms with Crippen LogP contribution in [-0.2, 0) is 22.7 Å². The third kappa shape index (κ3) is 7.94. The van der Waals surface area contributed by atoms with Crippen molar-refractivity contribution in [2.24, 2.45) is 5.73 Å². The van der Waals surface area contributed by atoms with Gasteiger partial charge >= 0.3 is 6.09 Å².